The summed E-state index contributed by atoms with van der Waals surface area (Å²) in [5, 5.41) is 8.40. The van der Waals surface area contributed by atoms with Crippen molar-refractivity contribution in [3.8, 4) is 0 Å². The van der Waals surface area contributed by atoms with Crippen molar-refractivity contribution in [1.29, 1.82) is 0 Å². The largest absolute Gasteiger partial charge is 0.352 e. The van der Waals surface area contributed by atoms with Gasteiger partial charge >= 0.3 is 6.03 Å². The standard InChI is InChI=1S/C23H30N4O3/c1-4-15(2)22(29)26-18-10-7-9-17(12-18)14-25-21(28)13-20(27-23(24)30)19-11-6-5-8-16(19)3/h5-12,15,20H,4,13-14H2,1-3H3,(H,25,28)(H,26,29)(H3,24,27,30). The maximum Gasteiger partial charge on any atom is 0.312 e. The summed E-state index contributed by atoms with van der Waals surface area (Å²) < 4.78 is 0. The molecule has 0 bridgehead atoms. The quantitative estimate of drug-likeness (QED) is 0.508. The molecule has 0 heterocycles. The van der Waals surface area contributed by atoms with Gasteiger partial charge in [0.1, 0.15) is 0 Å². The van der Waals surface area contributed by atoms with E-state index < -0.39 is 12.1 Å². The minimum atomic E-state index is -0.680. The van der Waals surface area contributed by atoms with Crippen LogP contribution in [0.5, 0.6) is 0 Å². The van der Waals surface area contributed by atoms with Gasteiger partial charge in [-0.15, -0.1) is 0 Å². The summed E-state index contributed by atoms with van der Waals surface area (Å²) >= 11 is 0. The van der Waals surface area contributed by atoms with Crippen molar-refractivity contribution in [1.82, 2.24) is 10.6 Å². The Hall–Kier alpha value is -3.35. The van der Waals surface area contributed by atoms with Gasteiger partial charge in [0, 0.05) is 18.2 Å². The summed E-state index contributed by atoms with van der Waals surface area (Å²) in [6.07, 6.45) is 0.835. The molecule has 2 aromatic rings. The lowest BCUT2D eigenvalue weighted by Crippen LogP contribution is -2.36. The van der Waals surface area contributed by atoms with Crippen LogP contribution >= 0.6 is 0 Å². The van der Waals surface area contributed by atoms with E-state index in [2.05, 4.69) is 16.0 Å². The third-order valence-electron chi connectivity index (χ3n) is 5.01. The maximum absolute atomic E-state index is 12.5. The fourth-order valence-electron chi connectivity index (χ4n) is 3.06. The van der Waals surface area contributed by atoms with E-state index in [4.69, 9.17) is 5.73 Å². The SMILES string of the molecule is CCC(C)C(=O)Nc1cccc(CNC(=O)CC(NC(N)=O)c2ccccc2C)c1. The number of hydrogen-bond donors (Lipinski definition) is 4. The lowest BCUT2D eigenvalue weighted by Gasteiger charge is -2.19. The van der Waals surface area contributed by atoms with E-state index in [0.717, 1.165) is 23.1 Å². The van der Waals surface area contributed by atoms with Crippen LogP contribution in [0.4, 0.5) is 10.5 Å². The Bertz CT molecular complexity index is 898. The molecule has 7 heteroatoms. The lowest BCUT2D eigenvalue weighted by molar-refractivity contribution is -0.122. The summed E-state index contributed by atoms with van der Waals surface area (Å²) in [7, 11) is 0. The van der Waals surface area contributed by atoms with Crippen molar-refractivity contribution in [3.63, 3.8) is 0 Å². The predicted octanol–water partition coefficient (Wildman–Crippen LogP) is 3.40. The number of aryl methyl sites for hydroxylation is 1. The molecule has 0 fully saturated rings. The minimum absolute atomic E-state index is 0.0303. The molecule has 0 aliphatic carbocycles. The molecule has 7 nitrogen and oxygen atoms in total. The Balaban J connectivity index is 1.99. The summed E-state index contributed by atoms with van der Waals surface area (Å²) in [4.78, 5) is 36.0. The smallest absolute Gasteiger partial charge is 0.312 e. The number of amides is 4. The van der Waals surface area contributed by atoms with Crippen molar-refractivity contribution in [2.45, 2.75) is 46.2 Å². The highest BCUT2D eigenvalue weighted by atomic mass is 16.2. The molecule has 4 amide bonds. The third-order valence-corrected chi connectivity index (χ3v) is 5.01. The highest BCUT2D eigenvalue weighted by Crippen LogP contribution is 2.21. The Morgan fingerprint density at radius 2 is 1.80 bits per heavy atom. The Kier molecular flexibility index (Phi) is 8.41. The van der Waals surface area contributed by atoms with Crippen molar-refractivity contribution in [2.75, 3.05) is 5.32 Å². The minimum Gasteiger partial charge on any atom is -0.352 e. The summed E-state index contributed by atoms with van der Waals surface area (Å²) in [5.74, 6) is -0.312. The number of hydrogen-bond acceptors (Lipinski definition) is 3. The van der Waals surface area contributed by atoms with Gasteiger partial charge in [-0.1, -0.05) is 50.2 Å². The Morgan fingerprint density at radius 3 is 2.47 bits per heavy atom. The Labute approximate surface area is 177 Å². The molecule has 0 radical (unpaired) electrons. The van der Waals surface area contributed by atoms with Crippen molar-refractivity contribution >= 4 is 23.5 Å². The fraction of sp³-hybridized carbons (Fsp3) is 0.348. The summed E-state index contributed by atoms with van der Waals surface area (Å²) in [6.45, 7) is 6.07. The van der Waals surface area contributed by atoms with Gasteiger partial charge in [0.25, 0.3) is 0 Å². The monoisotopic (exact) mass is 410 g/mol. The maximum atomic E-state index is 12.5. The average Bonchev–Trinajstić information content (AvgIpc) is 2.71. The molecule has 0 aromatic heterocycles. The van der Waals surface area contributed by atoms with Crippen molar-refractivity contribution in [2.24, 2.45) is 11.7 Å². The van der Waals surface area contributed by atoms with Crippen LogP contribution in [0.15, 0.2) is 48.5 Å². The van der Waals surface area contributed by atoms with Crippen LogP contribution in [0.3, 0.4) is 0 Å². The summed E-state index contributed by atoms with van der Waals surface area (Å²) in [5.41, 5.74) is 8.66. The number of nitrogens with one attached hydrogen (secondary N) is 3. The number of anilines is 1. The molecule has 2 unspecified atom stereocenters. The molecule has 2 aromatic carbocycles. The van der Waals surface area contributed by atoms with E-state index in [1.807, 2.05) is 69.3 Å². The molecule has 2 rings (SSSR count). The highest BCUT2D eigenvalue weighted by Gasteiger charge is 2.19. The van der Waals surface area contributed by atoms with E-state index in [1.54, 1.807) is 0 Å². The van der Waals surface area contributed by atoms with E-state index in [1.165, 1.54) is 0 Å². The third kappa shape index (κ3) is 6.92. The van der Waals surface area contributed by atoms with E-state index in [9.17, 15) is 14.4 Å². The molecular formula is C23H30N4O3. The van der Waals surface area contributed by atoms with Crippen LogP contribution in [0.2, 0.25) is 0 Å². The number of nitrogens with two attached hydrogens (primary N) is 1. The van der Waals surface area contributed by atoms with Crippen LogP contribution < -0.4 is 21.7 Å². The predicted molar refractivity (Wildman–Crippen MR) is 118 cm³/mol. The number of carbonyl (C=O) groups excluding carboxylic acids is 3. The van der Waals surface area contributed by atoms with Crippen LogP contribution in [-0.2, 0) is 16.1 Å². The van der Waals surface area contributed by atoms with Gasteiger partial charge in [-0.05, 0) is 42.2 Å². The summed E-state index contributed by atoms with van der Waals surface area (Å²) in [6, 6.07) is 13.7. The molecule has 0 spiro atoms. The zero-order valence-corrected chi connectivity index (χ0v) is 17.7. The van der Waals surface area contributed by atoms with Crippen LogP contribution in [0, 0.1) is 12.8 Å². The number of carbonyl (C=O) groups is 3. The molecule has 0 saturated carbocycles. The van der Waals surface area contributed by atoms with E-state index >= 15 is 0 Å². The number of benzene rings is 2. The van der Waals surface area contributed by atoms with Crippen LogP contribution in [0.25, 0.3) is 0 Å². The van der Waals surface area contributed by atoms with Crippen molar-refractivity contribution in [3.05, 3.63) is 65.2 Å². The second-order valence-electron chi connectivity index (χ2n) is 7.40. The van der Waals surface area contributed by atoms with Gasteiger partial charge in [-0.2, -0.15) is 0 Å². The van der Waals surface area contributed by atoms with Crippen molar-refractivity contribution < 1.29 is 14.4 Å². The first kappa shape index (κ1) is 22.9. The first-order valence-corrected chi connectivity index (χ1v) is 10.1. The molecule has 0 aliphatic rings. The average molecular weight is 411 g/mol. The van der Waals surface area contributed by atoms with Gasteiger partial charge in [-0.25, -0.2) is 4.79 Å². The lowest BCUT2D eigenvalue weighted by atomic mass is 9.98. The van der Waals surface area contributed by atoms with Crippen LogP contribution in [-0.4, -0.2) is 17.8 Å². The van der Waals surface area contributed by atoms with Crippen LogP contribution in [0.1, 0.15) is 49.4 Å². The molecule has 5 N–H and O–H groups in total. The first-order valence-electron chi connectivity index (χ1n) is 10.1. The zero-order chi connectivity index (χ0) is 22.1. The van der Waals surface area contributed by atoms with Gasteiger partial charge in [0.15, 0.2) is 0 Å². The molecule has 0 aliphatic heterocycles. The highest BCUT2D eigenvalue weighted by molar-refractivity contribution is 5.92. The Morgan fingerprint density at radius 1 is 1.07 bits per heavy atom. The number of primary amides is 1. The second-order valence-corrected chi connectivity index (χ2v) is 7.40. The first-order chi connectivity index (χ1) is 14.3. The second kappa shape index (κ2) is 11.0. The normalized spacial score (nSPS) is 12.5. The molecular weight excluding hydrogens is 380 g/mol. The van der Waals surface area contributed by atoms with Gasteiger partial charge in [-0.3, -0.25) is 9.59 Å². The van der Waals surface area contributed by atoms with Gasteiger partial charge < -0.3 is 21.7 Å². The van der Waals surface area contributed by atoms with Gasteiger partial charge in [0.2, 0.25) is 11.8 Å². The topological polar surface area (TPSA) is 113 Å². The zero-order valence-electron chi connectivity index (χ0n) is 17.7. The molecule has 0 saturated heterocycles. The number of urea groups is 1. The fourth-order valence-corrected chi connectivity index (χ4v) is 3.06. The molecule has 160 valence electrons. The molecule has 30 heavy (non-hydrogen) atoms. The number of rotatable bonds is 9. The van der Waals surface area contributed by atoms with E-state index in [0.29, 0.717) is 12.2 Å². The van der Waals surface area contributed by atoms with Gasteiger partial charge in [0.05, 0.1) is 12.5 Å². The van der Waals surface area contributed by atoms with E-state index in [-0.39, 0.29) is 24.2 Å². The molecule has 2 atom stereocenters.